The van der Waals surface area contributed by atoms with Crippen molar-refractivity contribution in [3.05, 3.63) is 60.1 Å². The Labute approximate surface area is 124 Å². The van der Waals surface area contributed by atoms with Crippen LogP contribution in [0.1, 0.15) is 17.4 Å². The number of benzene rings is 1. The van der Waals surface area contributed by atoms with Crippen molar-refractivity contribution < 1.29 is 13.9 Å². The summed E-state index contributed by atoms with van der Waals surface area (Å²) in [5.74, 6) is 0.628. The molecule has 0 spiro atoms. The van der Waals surface area contributed by atoms with Crippen molar-refractivity contribution in [2.45, 2.75) is 6.04 Å². The molecular weight excluding hydrogens is 268 g/mol. The second-order valence-corrected chi connectivity index (χ2v) is 4.60. The van der Waals surface area contributed by atoms with Crippen LogP contribution in [-0.4, -0.2) is 32.7 Å². The van der Waals surface area contributed by atoms with E-state index in [1.165, 1.54) is 0 Å². The van der Waals surface area contributed by atoms with Gasteiger partial charge in [-0.15, -0.1) is 0 Å². The van der Waals surface area contributed by atoms with Crippen molar-refractivity contribution >= 4 is 5.91 Å². The molecule has 5 nitrogen and oxygen atoms in total. The molecular formula is C16H20N2O3. The van der Waals surface area contributed by atoms with Gasteiger partial charge in [-0.1, -0.05) is 30.3 Å². The van der Waals surface area contributed by atoms with Crippen LogP contribution in [-0.2, 0) is 9.53 Å². The molecule has 0 saturated heterocycles. The zero-order valence-corrected chi connectivity index (χ0v) is 12.0. The fourth-order valence-corrected chi connectivity index (χ4v) is 2.01. The molecule has 0 fully saturated rings. The fraction of sp³-hybridized carbons (Fsp3) is 0.312. The molecule has 2 rings (SSSR count). The van der Waals surface area contributed by atoms with E-state index in [-0.39, 0.29) is 18.5 Å². The van der Waals surface area contributed by atoms with E-state index >= 15 is 0 Å². The molecule has 1 atom stereocenters. The van der Waals surface area contributed by atoms with Gasteiger partial charge in [0, 0.05) is 13.7 Å². The van der Waals surface area contributed by atoms with Crippen molar-refractivity contribution in [1.29, 1.82) is 0 Å². The third-order valence-electron chi connectivity index (χ3n) is 3.03. The van der Waals surface area contributed by atoms with Crippen LogP contribution in [0.25, 0.3) is 0 Å². The Hall–Kier alpha value is -2.11. The quantitative estimate of drug-likeness (QED) is 0.726. The molecule has 0 aliphatic rings. The molecule has 2 N–H and O–H groups in total. The summed E-state index contributed by atoms with van der Waals surface area (Å²) in [4.78, 5) is 12.0. The highest BCUT2D eigenvalue weighted by Gasteiger charge is 2.18. The van der Waals surface area contributed by atoms with Crippen LogP contribution in [0.3, 0.4) is 0 Å². The highest BCUT2D eigenvalue weighted by atomic mass is 16.5. The second kappa shape index (κ2) is 8.24. The molecule has 0 aliphatic carbocycles. The fourth-order valence-electron chi connectivity index (χ4n) is 2.01. The lowest BCUT2D eigenvalue weighted by atomic mass is 10.0. The Morgan fingerprint density at radius 1 is 1.24 bits per heavy atom. The summed E-state index contributed by atoms with van der Waals surface area (Å²) >= 11 is 0. The Balaban J connectivity index is 1.99. The first-order valence-corrected chi connectivity index (χ1v) is 6.88. The topological polar surface area (TPSA) is 63.5 Å². The standard InChI is InChI=1S/C16H20N2O3/c1-20-11-9-17-12-15(19)18-16(14-8-5-10-21-14)13-6-3-2-4-7-13/h2-8,10,16-17H,9,11-12H2,1H3,(H,18,19). The number of hydrogen-bond acceptors (Lipinski definition) is 4. The van der Waals surface area contributed by atoms with Gasteiger partial charge in [-0.25, -0.2) is 0 Å². The van der Waals surface area contributed by atoms with Gasteiger partial charge in [0.1, 0.15) is 11.8 Å². The molecule has 1 amide bonds. The van der Waals surface area contributed by atoms with Gasteiger partial charge in [0.25, 0.3) is 0 Å². The van der Waals surface area contributed by atoms with Crippen LogP contribution in [0.15, 0.2) is 53.1 Å². The summed E-state index contributed by atoms with van der Waals surface area (Å²) in [6.45, 7) is 1.46. The molecule has 0 aliphatic heterocycles. The van der Waals surface area contributed by atoms with E-state index in [1.807, 2.05) is 42.5 Å². The molecule has 5 heteroatoms. The van der Waals surface area contributed by atoms with E-state index < -0.39 is 0 Å². The number of amides is 1. The third-order valence-corrected chi connectivity index (χ3v) is 3.03. The van der Waals surface area contributed by atoms with Gasteiger partial charge in [-0.05, 0) is 17.7 Å². The number of ether oxygens (including phenoxy) is 1. The van der Waals surface area contributed by atoms with E-state index in [2.05, 4.69) is 10.6 Å². The summed E-state index contributed by atoms with van der Waals surface area (Å²) in [5, 5.41) is 6.00. The first kappa shape index (κ1) is 15.3. The lowest BCUT2D eigenvalue weighted by Gasteiger charge is -2.17. The average Bonchev–Trinajstić information content (AvgIpc) is 3.04. The maximum atomic E-state index is 12.0. The molecule has 0 saturated carbocycles. The molecule has 21 heavy (non-hydrogen) atoms. The lowest BCUT2D eigenvalue weighted by molar-refractivity contribution is -0.120. The van der Waals surface area contributed by atoms with Crippen LogP contribution < -0.4 is 10.6 Å². The second-order valence-electron chi connectivity index (χ2n) is 4.60. The molecule has 0 bridgehead atoms. The molecule has 1 unspecified atom stereocenters. The molecule has 1 aromatic carbocycles. The molecule has 0 radical (unpaired) electrons. The predicted molar refractivity (Wildman–Crippen MR) is 79.9 cm³/mol. The van der Waals surface area contributed by atoms with Gasteiger partial charge in [-0.2, -0.15) is 0 Å². The molecule has 112 valence electrons. The summed E-state index contributed by atoms with van der Waals surface area (Å²) in [7, 11) is 1.63. The first-order valence-electron chi connectivity index (χ1n) is 6.88. The van der Waals surface area contributed by atoms with Gasteiger partial charge in [0.05, 0.1) is 19.4 Å². The Morgan fingerprint density at radius 2 is 2.05 bits per heavy atom. The van der Waals surface area contributed by atoms with Gasteiger partial charge < -0.3 is 19.8 Å². The maximum Gasteiger partial charge on any atom is 0.234 e. The van der Waals surface area contributed by atoms with Crippen LogP contribution in [0.4, 0.5) is 0 Å². The van der Waals surface area contributed by atoms with Gasteiger partial charge in [0.2, 0.25) is 5.91 Å². The smallest absolute Gasteiger partial charge is 0.234 e. The van der Waals surface area contributed by atoms with Crippen molar-refractivity contribution in [2.75, 3.05) is 26.8 Å². The highest BCUT2D eigenvalue weighted by Crippen LogP contribution is 2.21. The van der Waals surface area contributed by atoms with Crippen molar-refractivity contribution in [2.24, 2.45) is 0 Å². The molecule has 1 heterocycles. The average molecular weight is 288 g/mol. The lowest BCUT2D eigenvalue weighted by Crippen LogP contribution is -2.37. The number of furan rings is 1. The highest BCUT2D eigenvalue weighted by molar-refractivity contribution is 5.78. The number of methoxy groups -OCH3 is 1. The minimum absolute atomic E-state index is 0.0867. The van der Waals surface area contributed by atoms with Crippen LogP contribution in [0.2, 0.25) is 0 Å². The van der Waals surface area contributed by atoms with E-state index in [0.717, 1.165) is 5.56 Å². The van der Waals surface area contributed by atoms with Gasteiger partial charge >= 0.3 is 0 Å². The minimum atomic E-state index is -0.280. The summed E-state index contributed by atoms with van der Waals surface area (Å²) in [6, 6.07) is 13.1. The maximum absolute atomic E-state index is 12.0. The van der Waals surface area contributed by atoms with Crippen LogP contribution in [0, 0.1) is 0 Å². The number of hydrogen-bond donors (Lipinski definition) is 2. The number of carbonyl (C=O) groups is 1. The zero-order valence-electron chi connectivity index (χ0n) is 12.0. The number of carbonyl (C=O) groups excluding carboxylic acids is 1. The SMILES string of the molecule is COCCNCC(=O)NC(c1ccccc1)c1ccco1. The summed E-state index contributed by atoms with van der Waals surface area (Å²) < 4.78 is 10.4. The third kappa shape index (κ3) is 4.73. The van der Waals surface area contributed by atoms with Gasteiger partial charge in [0.15, 0.2) is 0 Å². The zero-order chi connectivity index (χ0) is 14.9. The van der Waals surface area contributed by atoms with Crippen LogP contribution >= 0.6 is 0 Å². The Bertz CT molecular complexity index is 526. The Morgan fingerprint density at radius 3 is 2.71 bits per heavy atom. The largest absolute Gasteiger partial charge is 0.467 e. The number of nitrogens with one attached hydrogen (secondary N) is 2. The summed E-state index contributed by atoms with van der Waals surface area (Å²) in [5.41, 5.74) is 0.984. The van der Waals surface area contributed by atoms with Crippen molar-refractivity contribution in [1.82, 2.24) is 10.6 Å². The molecule has 1 aromatic heterocycles. The van der Waals surface area contributed by atoms with E-state index in [1.54, 1.807) is 13.4 Å². The normalized spacial score (nSPS) is 12.0. The van der Waals surface area contributed by atoms with E-state index in [0.29, 0.717) is 18.9 Å². The predicted octanol–water partition coefficient (Wildman–Crippen LogP) is 1.72. The Kier molecular flexibility index (Phi) is 5.99. The van der Waals surface area contributed by atoms with Gasteiger partial charge in [-0.3, -0.25) is 4.79 Å². The van der Waals surface area contributed by atoms with Crippen molar-refractivity contribution in [3.8, 4) is 0 Å². The van der Waals surface area contributed by atoms with E-state index in [9.17, 15) is 4.79 Å². The summed E-state index contributed by atoms with van der Waals surface area (Å²) in [6.07, 6.45) is 1.61. The minimum Gasteiger partial charge on any atom is -0.467 e. The monoisotopic (exact) mass is 288 g/mol. The van der Waals surface area contributed by atoms with Crippen LogP contribution in [0.5, 0.6) is 0 Å². The molecule has 2 aromatic rings. The van der Waals surface area contributed by atoms with Crippen molar-refractivity contribution in [3.63, 3.8) is 0 Å². The van der Waals surface area contributed by atoms with E-state index in [4.69, 9.17) is 9.15 Å². The number of rotatable bonds is 8. The first-order chi connectivity index (χ1) is 10.3.